The second kappa shape index (κ2) is 10.7. The highest BCUT2D eigenvalue weighted by atomic mass is 32.1. The van der Waals surface area contributed by atoms with E-state index in [4.69, 9.17) is 10.5 Å². The number of nitrogens with one attached hydrogen (secondary N) is 1. The van der Waals surface area contributed by atoms with E-state index in [1.807, 2.05) is 25.1 Å². The van der Waals surface area contributed by atoms with Crippen LogP contribution < -0.4 is 16.0 Å². The molecule has 1 saturated heterocycles. The predicted molar refractivity (Wildman–Crippen MR) is 125 cm³/mol. The second-order valence-corrected chi connectivity index (χ2v) is 9.54. The molecule has 1 amide bonds. The molecule has 4 N–H and O–H groups in total. The molecule has 9 nitrogen and oxygen atoms in total. The van der Waals surface area contributed by atoms with Crippen molar-refractivity contribution in [2.24, 2.45) is 11.7 Å². The van der Waals surface area contributed by atoms with Gasteiger partial charge in [-0.25, -0.2) is 0 Å². The number of carbonyl (C=O) groups is 2. The number of benzene rings is 1. The first kappa shape index (κ1) is 23.9. The Balaban J connectivity index is 2.00. The molecule has 174 valence electrons. The molecule has 0 spiro atoms. The average molecular weight is 462 g/mol. The van der Waals surface area contributed by atoms with E-state index in [1.165, 1.54) is 0 Å². The predicted octanol–water partition coefficient (Wildman–Crippen LogP) is 3.60. The third-order valence-electron chi connectivity index (χ3n) is 5.45. The van der Waals surface area contributed by atoms with E-state index in [9.17, 15) is 14.7 Å². The fourth-order valence-electron chi connectivity index (χ4n) is 3.91. The Morgan fingerprint density at radius 3 is 2.59 bits per heavy atom. The van der Waals surface area contributed by atoms with Gasteiger partial charge in [0.15, 0.2) is 0 Å². The van der Waals surface area contributed by atoms with Gasteiger partial charge >= 0.3 is 5.97 Å². The molecule has 1 aromatic heterocycles. The van der Waals surface area contributed by atoms with Gasteiger partial charge in [-0.15, -0.1) is 10.2 Å². The fourth-order valence-corrected chi connectivity index (χ4v) is 4.52. The number of hydrogen-bond acceptors (Lipinski definition) is 8. The summed E-state index contributed by atoms with van der Waals surface area (Å²) in [7, 11) is 0. The molecule has 1 aliphatic heterocycles. The maximum Gasteiger partial charge on any atom is 0.303 e. The van der Waals surface area contributed by atoms with Crippen molar-refractivity contribution in [1.29, 1.82) is 0 Å². The van der Waals surface area contributed by atoms with Gasteiger partial charge in [-0.3, -0.25) is 9.59 Å². The van der Waals surface area contributed by atoms with Crippen LogP contribution in [0.4, 0.5) is 16.5 Å². The normalized spacial score (nSPS) is 15.5. The van der Waals surface area contributed by atoms with E-state index in [0.29, 0.717) is 17.1 Å². The van der Waals surface area contributed by atoms with Gasteiger partial charge < -0.3 is 25.8 Å². The number of anilines is 3. The summed E-state index contributed by atoms with van der Waals surface area (Å²) in [5.74, 6) is -1.17. The minimum atomic E-state index is -0.838. The Labute approximate surface area is 192 Å². The van der Waals surface area contributed by atoms with Gasteiger partial charge in [0.2, 0.25) is 10.1 Å². The summed E-state index contributed by atoms with van der Waals surface area (Å²) < 4.78 is 5.57. The minimum absolute atomic E-state index is 0.0408. The Bertz CT molecular complexity index is 942. The Morgan fingerprint density at radius 1 is 1.28 bits per heavy atom. The third kappa shape index (κ3) is 6.17. The van der Waals surface area contributed by atoms with Crippen LogP contribution in [0.3, 0.4) is 0 Å². The second-order valence-electron chi connectivity index (χ2n) is 8.57. The fraction of sp³-hybridized carbons (Fsp3) is 0.545. The van der Waals surface area contributed by atoms with Gasteiger partial charge in [-0.1, -0.05) is 38.2 Å². The van der Waals surface area contributed by atoms with Gasteiger partial charge in [-0.2, -0.15) is 0 Å². The van der Waals surface area contributed by atoms with Gasteiger partial charge in [0.1, 0.15) is 0 Å². The highest BCUT2D eigenvalue weighted by Crippen LogP contribution is 2.36. The quantitative estimate of drug-likeness (QED) is 0.489. The first-order chi connectivity index (χ1) is 15.2. The third-order valence-corrected chi connectivity index (χ3v) is 6.30. The molecule has 10 heteroatoms. The maximum absolute atomic E-state index is 11.4. The highest BCUT2D eigenvalue weighted by Gasteiger charge is 2.26. The van der Waals surface area contributed by atoms with Crippen molar-refractivity contribution in [3.63, 3.8) is 0 Å². The Morgan fingerprint density at radius 2 is 2.00 bits per heavy atom. The summed E-state index contributed by atoms with van der Waals surface area (Å²) in [4.78, 5) is 25.1. The number of primary amides is 1. The average Bonchev–Trinajstić information content (AvgIpc) is 3.21. The van der Waals surface area contributed by atoms with E-state index < -0.39 is 11.9 Å². The SMILES string of the molecule is CC(C)CN(c1ccc([C@H](C)CC(=O)O)cc1Nc1nnc(C(N)=O)s1)C1CCOCC1. The standard InChI is InChI=1S/C22H31N5O4S/c1-13(2)12-27(16-6-8-31-9-7-16)18-5-4-15(14(3)10-19(28)29)11-17(18)24-22-26-25-21(32-22)20(23)30/h4-5,11,13-14,16H,6-10,12H2,1-3H3,(H2,23,30)(H,24,26)(H,28,29)/t14-/m1/s1. The lowest BCUT2D eigenvalue weighted by Gasteiger charge is -2.38. The number of carboxylic acid groups (broad SMARTS) is 1. The van der Waals surface area contributed by atoms with Crippen molar-refractivity contribution in [3.05, 3.63) is 28.8 Å². The van der Waals surface area contributed by atoms with Crippen LogP contribution in [0.15, 0.2) is 18.2 Å². The summed E-state index contributed by atoms with van der Waals surface area (Å²) in [6.07, 6.45) is 1.92. The van der Waals surface area contributed by atoms with Crippen LogP contribution in [0.2, 0.25) is 0 Å². The molecule has 0 bridgehead atoms. The molecule has 0 aliphatic carbocycles. The van der Waals surface area contributed by atoms with Gasteiger partial charge in [-0.05, 0) is 42.4 Å². The highest BCUT2D eigenvalue weighted by molar-refractivity contribution is 7.17. The van der Waals surface area contributed by atoms with E-state index in [2.05, 4.69) is 34.3 Å². The maximum atomic E-state index is 11.4. The van der Waals surface area contributed by atoms with Crippen LogP contribution >= 0.6 is 11.3 Å². The number of nitrogens with two attached hydrogens (primary N) is 1. The van der Waals surface area contributed by atoms with E-state index >= 15 is 0 Å². The van der Waals surface area contributed by atoms with E-state index in [-0.39, 0.29) is 17.3 Å². The number of hydrogen-bond donors (Lipinski definition) is 3. The van der Waals surface area contributed by atoms with Crippen LogP contribution in [0.25, 0.3) is 0 Å². The molecule has 1 aliphatic rings. The number of ether oxygens (including phenoxy) is 1. The first-order valence-corrected chi connectivity index (χ1v) is 11.7. The molecular weight excluding hydrogens is 430 g/mol. The van der Waals surface area contributed by atoms with Crippen LogP contribution in [0.5, 0.6) is 0 Å². The topological polar surface area (TPSA) is 131 Å². The number of aliphatic carboxylic acids is 1. The van der Waals surface area contributed by atoms with Crippen molar-refractivity contribution >= 4 is 39.7 Å². The van der Waals surface area contributed by atoms with Crippen molar-refractivity contribution in [1.82, 2.24) is 10.2 Å². The van der Waals surface area contributed by atoms with Crippen LogP contribution in [0.1, 0.15) is 61.3 Å². The van der Waals surface area contributed by atoms with Crippen LogP contribution in [0, 0.1) is 5.92 Å². The molecule has 0 radical (unpaired) electrons. The monoisotopic (exact) mass is 461 g/mol. The Hall–Kier alpha value is -2.72. The lowest BCUT2D eigenvalue weighted by Crippen LogP contribution is -2.42. The molecule has 2 heterocycles. The molecule has 32 heavy (non-hydrogen) atoms. The Kier molecular flexibility index (Phi) is 8.03. The molecule has 3 rings (SSSR count). The minimum Gasteiger partial charge on any atom is -0.481 e. The number of carboxylic acids is 1. The lowest BCUT2D eigenvalue weighted by atomic mass is 9.95. The zero-order chi connectivity index (χ0) is 23.3. The summed E-state index contributed by atoms with van der Waals surface area (Å²) >= 11 is 1.09. The number of rotatable bonds is 10. The van der Waals surface area contributed by atoms with E-state index in [0.717, 1.165) is 60.9 Å². The number of nitrogens with zero attached hydrogens (tertiary/aromatic N) is 3. The van der Waals surface area contributed by atoms with Crippen molar-refractivity contribution in [2.75, 3.05) is 30.0 Å². The smallest absolute Gasteiger partial charge is 0.303 e. The largest absolute Gasteiger partial charge is 0.481 e. The molecule has 1 atom stereocenters. The molecule has 0 saturated carbocycles. The summed E-state index contributed by atoms with van der Waals surface area (Å²) in [5, 5.41) is 21.0. The number of amides is 1. The summed E-state index contributed by atoms with van der Waals surface area (Å²) in [5.41, 5.74) is 8.05. The zero-order valence-electron chi connectivity index (χ0n) is 18.7. The molecule has 0 unspecified atom stereocenters. The van der Waals surface area contributed by atoms with Gasteiger partial charge in [0, 0.05) is 25.8 Å². The van der Waals surface area contributed by atoms with Gasteiger partial charge in [0.05, 0.1) is 17.8 Å². The van der Waals surface area contributed by atoms with Crippen LogP contribution in [-0.2, 0) is 9.53 Å². The number of aromatic nitrogens is 2. The summed E-state index contributed by atoms with van der Waals surface area (Å²) in [6.45, 7) is 8.60. The molecule has 1 fully saturated rings. The molecular formula is C22H31N5O4S. The molecule has 2 aromatic rings. The van der Waals surface area contributed by atoms with Crippen molar-refractivity contribution < 1.29 is 19.4 Å². The van der Waals surface area contributed by atoms with Crippen molar-refractivity contribution in [2.45, 2.75) is 52.0 Å². The first-order valence-electron chi connectivity index (χ1n) is 10.8. The van der Waals surface area contributed by atoms with Crippen LogP contribution in [-0.4, -0.2) is 53.0 Å². The van der Waals surface area contributed by atoms with Gasteiger partial charge in [0.25, 0.3) is 5.91 Å². The lowest BCUT2D eigenvalue weighted by molar-refractivity contribution is -0.137. The van der Waals surface area contributed by atoms with Crippen molar-refractivity contribution in [3.8, 4) is 0 Å². The number of carbonyl (C=O) groups excluding carboxylic acids is 1. The van der Waals surface area contributed by atoms with E-state index in [1.54, 1.807) is 0 Å². The zero-order valence-corrected chi connectivity index (χ0v) is 19.5. The summed E-state index contributed by atoms with van der Waals surface area (Å²) in [6, 6.07) is 6.35. The molecule has 1 aromatic carbocycles.